The zero-order chi connectivity index (χ0) is 25.0. The van der Waals surface area contributed by atoms with E-state index in [0.29, 0.717) is 30.3 Å². The Balaban J connectivity index is 1.22. The van der Waals surface area contributed by atoms with Crippen LogP contribution in [0.15, 0.2) is 54.6 Å². The maximum Gasteiger partial charge on any atom is 0.416 e. The summed E-state index contributed by atoms with van der Waals surface area (Å²) in [7, 11) is 0. The Kier molecular flexibility index (Phi) is 5.67. The van der Waals surface area contributed by atoms with Crippen LogP contribution >= 0.6 is 0 Å². The Morgan fingerprint density at radius 1 is 0.944 bits per heavy atom. The van der Waals surface area contributed by atoms with E-state index in [-0.39, 0.29) is 24.5 Å². The van der Waals surface area contributed by atoms with Crippen molar-refractivity contribution in [1.29, 1.82) is 0 Å². The summed E-state index contributed by atoms with van der Waals surface area (Å²) in [4.78, 5) is 18.1. The van der Waals surface area contributed by atoms with Gasteiger partial charge in [-0.1, -0.05) is 36.4 Å². The molecule has 0 bridgehead atoms. The van der Waals surface area contributed by atoms with Crippen molar-refractivity contribution in [3.8, 4) is 5.69 Å². The van der Waals surface area contributed by atoms with Gasteiger partial charge >= 0.3 is 6.18 Å². The number of halogens is 3. The van der Waals surface area contributed by atoms with E-state index in [1.165, 1.54) is 6.07 Å². The normalized spacial score (nSPS) is 21.3. The van der Waals surface area contributed by atoms with Gasteiger partial charge in [0.2, 0.25) is 0 Å². The van der Waals surface area contributed by atoms with E-state index in [2.05, 4.69) is 9.80 Å². The van der Waals surface area contributed by atoms with Crippen LogP contribution in [0.5, 0.6) is 0 Å². The molecule has 1 unspecified atom stereocenters. The molecule has 2 aromatic carbocycles. The summed E-state index contributed by atoms with van der Waals surface area (Å²) in [5.41, 5.74) is 3.27. The molecule has 1 saturated heterocycles. The number of aromatic nitrogens is 2. The monoisotopic (exact) mass is 494 g/mol. The number of alkyl halides is 3. The molecule has 1 saturated carbocycles. The highest BCUT2D eigenvalue weighted by Gasteiger charge is 2.51. The van der Waals surface area contributed by atoms with Crippen molar-refractivity contribution in [3.05, 3.63) is 82.7 Å². The molecule has 2 aliphatic heterocycles. The third-order valence-electron chi connectivity index (χ3n) is 7.88. The average Bonchev–Trinajstić information content (AvgIpc) is 3.59. The van der Waals surface area contributed by atoms with Crippen molar-refractivity contribution in [1.82, 2.24) is 19.6 Å². The first-order valence-corrected chi connectivity index (χ1v) is 12.7. The van der Waals surface area contributed by atoms with E-state index >= 15 is 0 Å². The minimum Gasteiger partial charge on any atom is -0.327 e. The predicted molar refractivity (Wildman–Crippen MR) is 130 cm³/mol. The standard InChI is InChI=1S/C28H29F3N4O/c1-18-24-25(19-11-12-19)34(27(36)26(24)35(32-18)22-8-3-2-4-9-22)21-13-15-33(16-14-21)17-20-7-5-6-10-23(20)28(29,30)31/h2-10,19,21,25H,11-17H2,1H3. The molecule has 0 radical (unpaired) electrons. The lowest BCUT2D eigenvalue weighted by atomic mass is 9.97. The number of nitrogens with zero attached hydrogens (tertiary/aromatic N) is 4. The van der Waals surface area contributed by atoms with Crippen LogP contribution < -0.4 is 0 Å². The molecule has 1 aliphatic carbocycles. The fourth-order valence-electron chi connectivity index (χ4n) is 6.04. The number of amides is 1. The van der Waals surface area contributed by atoms with Gasteiger partial charge in [-0.15, -0.1) is 0 Å². The van der Waals surface area contributed by atoms with Gasteiger partial charge in [0.1, 0.15) is 5.69 Å². The Morgan fingerprint density at radius 3 is 2.28 bits per heavy atom. The molecule has 1 amide bonds. The first-order valence-electron chi connectivity index (χ1n) is 12.7. The van der Waals surface area contributed by atoms with Crippen molar-refractivity contribution in [2.45, 2.75) is 57.4 Å². The van der Waals surface area contributed by atoms with Crippen molar-refractivity contribution < 1.29 is 18.0 Å². The molecule has 0 N–H and O–H groups in total. The van der Waals surface area contributed by atoms with Crippen molar-refractivity contribution in [2.75, 3.05) is 13.1 Å². The van der Waals surface area contributed by atoms with Gasteiger partial charge in [0.15, 0.2) is 0 Å². The number of rotatable bonds is 5. The van der Waals surface area contributed by atoms with E-state index in [1.807, 2.05) is 37.3 Å². The molecule has 188 valence electrons. The van der Waals surface area contributed by atoms with Crippen LogP contribution in [0.25, 0.3) is 5.69 Å². The van der Waals surface area contributed by atoms with Gasteiger partial charge in [-0.2, -0.15) is 18.3 Å². The molecule has 3 heterocycles. The number of carbonyl (C=O) groups is 1. The van der Waals surface area contributed by atoms with Crippen molar-refractivity contribution >= 4 is 5.91 Å². The third kappa shape index (κ3) is 4.01. The number of benzene rings is 2. The smallest absolute Gasteiger partial charge is 0.327 e. The Hall–Kier alpha value is -3.13. The average molecular weight is 495 g/mol. The molecular formula is C28H29F3N4O. The van der Waals surface area contributed by atoms with E-state index in [4.69, 9.17) is 5.10 Å². The van der Waals surface area contributed by atoms with Gasteiger partial charge in [0, 0.05) is 31.2 Å². The molecule has 5 nitrogen and oxygen atoms in total. The van der Waals surface area contributed by atoms with Crippen LogP contribution in [-0.2, 0) is 12.7 Å². The second-order valence-electron chi connectivity index (χ2n) is 10.3. The molecule has 3 aromatic rings. The molecule has 1 atom stereocenters. The summed E-state index contributed by atoms with van der Waals surface area (Å²) in [6.45, 7) is 3.59. The number of hydrogen-bond donors (Lipinski definition) is 0. The number of aryl methyl sites for hydroxylation is 1. The van der Waals surface area contributed by atoms with Crippen molar-refractivity contribution in [2.24, 2.45) is 5.92 Å². The summed E-state index contributed by atoms with van der Waals surface area (Å²) in [6, 6.07) is 15.7. The Labute approximate surface area is 208 Å². The number of likely N-dealkylation sites (tertiary alicyclic amines) is 1. The molecule has 2 fully saturated rings. The van der Waals surface area contributed by atoms with Gasteiger partial charge < -0.3 is 4.90 Å². The largest absolute Gasteiger partial charge is 0.416 e. The number of para-hydroxylation sites is 1. The first-order chi connectivity index (χ1) is 17.3. The minimum absolute atomic E-state index is 0.0345. The van der Waals surface area contributed by atoms with Gasteiger partial charge in [-0.25, -0.2) is 4.68 Å². The number of carbonyl (C=O) groups excluding carboxylic acids is 1. The van der Waals surface area contributed by atoms with Gasteiger partial charge in [0.25, 0.3) is 5.91 Å². The number of hydrogen-bond acceptors (Lipinski definition) is 3. The lowest BCUT2D eigenvalue weighted by Gasteiger charge is -2.40. The highest BCUT2D eigenvalue weighted by atomic mass is 19.4. The zero-order valence-corrected chi connectivity index (χ0v) is 20.2. The molecule has 6 rings (SSSR count). The quantitative estimate of drug-likeness (QED) is 0.452. The summed E-state index contributed by atoms with van der Waals surface area (Å²) in [5, 5.41) is 4.75. The van der Waals surface area contributed by atoms with Crippen LogP contribution in [0.4, 0.5) is 13.2 Å². The predicted octanol–water partition coefficient (Wildman–Crippen LogP) is 5.77. The summed E-state index contributed by atoms with van der Waals surface area (Å²) in [5.74, 6) is 0.492. The number of piperidine rings is 1. The van der Waals surface area contributed by atoms with E-state index in [9.17, 15) is 18.0 Å². The molecule has 36 heavy (non-hydrogen) atoms. The maximum atomic E-state index is 13.9. The molecule has 8 heteroatoms. The first kappa shape index (κ1) is 23.3. The lowest BCUT2D eigenvalue weighted by Crippen LogP contribution is -2.47. The molecule has 3 aliphatic rings. The fourth-order valence-corrected chi connectivity index (χ4v) is 6.04. The highest BCUT2D eigenvalue weighted by molar-refractivity contribution is 5.99. The van der Waals surface area contributed by atoms with Crippen LogP contribution in [0, 0.1) is 12.8 Å². The zero-order valence-electron chi connectivity index (χ0n) is 20.2. The van der Waals surface area contributed by atoms with E-state index < -0.39 is 11.7 Å². The van der Waals surface area contributed by atoms with Crippen molar-refractivity contribution in [3.63, 3.8) is 0 Å². The highest BCUT2D eigenvalue weighted by Crippen LogP contribution is 2.52. The van der Waals surface area contributed by atoms with E-state index in [0.717, 1.165) is 48.7 Å². The van der Waals surface area contributed by atoms with Gasteiger partial charge in [-0.05, 0) is 62.3 Å². The number of fused-ring (bicyclic) bond motifs is 1. The van der Waals surface area contributed by atoms with Crippen LogP contribution in [0.2, 0.25) is 0 Å². The SMILES string of the molecule is Cc1nn(-c2ccccc2)c2c1C(C1CC1)N(C1CCN(Cc3ccccc3C(F)(F)F)CC1)C2=O. The topological polar surface area (TPSA) is 41.4 Å². The summed E-state index contributed by atoms with van der Waals surface area (Å²) < 4.78 is 42.2. The minimum atomic E-state index is -4.36. The Morgan fingerprint density at radius 2 is 1.61 bits per heavy atom. The third-order valence-corrected chi connectivity index (χ3v) is 7.88. The molecular weight excluding hydrogens is 465 g/mol. The van der Waals surface area contributed by atoms with Gasteiger partial charge in [0.05, 0.1) is 23.0 Å². The summed E-state index contributed by atoms with van der Waals surface area (Å²) >= 11 is 0. The second kappa shape index (κ2) is 8.76. The van der Waals surface area contributed by atoms with Crippen LogP contribution in [0.3, 0.4) is 0 Å². The molecule has 0 spiro atoms. The second-order valence-corrected chi connectivity index (χ2v) is 10.3. The fraction of sp³-hybridized carbons (Fsp3) is 0.429. The van der Waals surface area contributed by atoms with Crippen LogP contribution in [0.1, 0.15) is 64.6 Å². The Bertz CT molecular complexity index is 1270. The molecule has 1 aromatic heterocycles. The van der Waals surface area contributed by atoms with E-state index in [1.54, 1.807) is 16.8 Å². The van der Waals surface area contributed by atoms with Gasteiger partial charge in [-0.3, -0.25) is 9.69 Å². The van der Waals surface area contributed by atoms with Crippen LogP contribution in [-0.4, -0.2) is 44.6 Å². The lowest BCUT2D eigenvalue weighted by molar-refractivity contribution is -0.138. The summed E-state index contributed by atoms with van der Waals surface area (Å²) in [6.07, 6.45) is -0.630. The maximum absolute atomic E-state index is 13.9.